The zero-order valence-corrected chi connectivity index (χ0v) is 14.4. The molecule has 0 fully saturated rings. The molecule has 4 nitrogen and oxygen atoms in total. The van der Waals surface area contributed by atoms with E-state index in [0.717, 1.165) is 33.4 Å². The number of anilines is 2. The molecule has 0 unspecified atom stereocenters. The van der Waals surface area contributed by atoms with Crippen molar-refractivity contribution in [1.82, 2.24) is 4.98 Å². The molecule has 0 atom stereocenters. The van der Waals surface area contributed by atoms with Crippen molar-refractivity contribution in [3.05, 3.63) is 65.9 Å². The van der Waals surface area contributed by atoms with Crippen LogP contribution in [0.3, 0.4) is 0 Å². The summed E-state index contributed by atoms with van der Waals surface area (Å²) < 4.78 is 0. The molecule has 1 aliphatic heterocycles. The number of carbonyl (C=O) groups is 1. The number of aromatic nitrogens is 1. The average molecular weight is 332 g/mol. The number of benzene rings is 2. The number of nitrogens with zero attached hydrogens (tertiary/aromatic N) is 2. The van der Waals surface area contributed by atoms with E-state index in [2.05, 4.69) is 4.98 Å². The van der Waals surface area contributed by atoms with E-state index in [1.54, 1.807) is 11.1 Å². The van der Waals surface area contributed by atoms with Crippen LogP contribution in [-0.4, -0.2) is 16.0 Å². The van der Waals surface area contributed by atoms with Gasteiger partial charge in [0.15, 0.2) is 0 Å². The minimum Gasteiger partial charge on any atom is -0.392 e. The van der Waals surface area contributed by atoms with Gasteiger partial charge in [-0.15, -0.1) is 0 Å². The Kier molecular flexibility index (Phi) is 3.58. The van der Waals surface area contributed by atoms with Crippen molar-refractivity contribution in [2.75, 3.05) is 4.90 Å². The van der Waals surface area contributed by atoms with E-state index in [1.807, 2.05) is 62.4 Å². The Bertz CT molecular complexity index is 979. The molecular weight excluding hydrogens is 312 g/mol. The molecule has 0 radical (unpaired) electrons. The zero-order valence-electron chi connectivity index (χ0n) is 14.4. The summed E-state index contributed by atoms with van der Waals surface area (Å²) >= 11 is 0. The summed E-state index contributed by atoms with van der Waals surface area (Å²) in [4.78, 5) is 19.4. The first-order chi connectivity index (χ1) is 12.0. The average Bonchev–Trinajstić information content (AvgIpc) is 2.62. The SMILES string of the molecule is CC1(C)Cc2c(CO)cccc2N(c2cnc3ccccc3c2)C1=O. The number of hydrogen-bond acceptors (Lipinski definition) is 3. The molecule has 0 aliphatic carbocycles. The standard InChI is InChI=1S/C21H20N2O2/c1-21(2)11-17-15(13-24)7-5-9-19(17)23(20(21)25)16-10-14-6-3-4-8-18(14)22-12-16/h3-10,12,24H,11,13H2,1-2H3. The third-order valence-electron chi connectivity index (χ3n) is 4.89. The highest BCUT2D eigenvalue weighted by atomic mass is 16.3. The van der Waals surface area contributed by atoms with Gasteiger partial charge >= 0.3 is 0 Å². The second-order valence-electron chi connectivity index (χ2n) is 7.16. The van der Waals surface area contributed by atoms with Gasteiger partial charge in [-0.3, -0.25) is 14.7 Å². The van der Waals surface area contributed by atoms with Crippen molar-refractivity contribution in [3.8, 4) is 0 Å². The van der Waals surface area contributed by atoms with E-state index in [0.29, 0.717) is 6.42 Å². The van der Waals surface area contributed by atoms with Gasteiger partial charge in [0.05, 0.1) is 29.7 Å². The van der Waals surface area contributed by atoms with Gasteiger partial charge in [0.2, 0.25) is 5.91 Å². The topological polar surface area (TPSA) is 53.4 Å². The highest BCUT2D eigenvalue weighted by Gasteiger charge is 2.40. The lowest BCUT2D eigenvalue weighted by Gasteiger charge is -2.39. The van der Waals surface area contributed by atoms with Crippen LogP contribution in [0, 0.1) is 5.41 Å². The molecule has 2 heterocycles. The van der Waals surface area contributed by atoms with Crippen LogP contribution in [0.25, 0.3) is 10.9 Å². The van der Waals surface area contributed by atoms with Crippen molar-refractivity contribution >= 4 is 28.2 Å². The van der Waals surface area contributed by atoms with Crippen LogP contribution >= 0.6 is 0 Å². The van der Waals surface area contributed by atoms with E-state index < -0.39 is 5.41 Å². The minimum absolute atomic E-state index is 0.0305. The normalized spacial score (nSPS) is 16.1. The maximum absolute atomic E-state index is 13.2. The molecule has 1 N–H and O–H groups in total. The van der Waals surface area contributed by atoms with Crippen LogP contribution < -0.4 is 4.90 Å². The first-order valence-corrected chi connectivity index (χ1v) is 8.42. The smallest absolute Gasteiger partial charge is 0.237 e. The van der Waals surface area contributed by atoms with Gasteiger partial charge in [-0.2, -0.15) is 0 Å². The van der Waals surface area contributed by atoms with E-state index in [4.69, 9.17) is 0 Å². The fraction of sp³-hybridized carbons (Fsp3) is 0.238. The Labute approximate surface area is 146 Å². The molecule has 25 heavy (non-hydrogen) atoms. The maximum atomic E-state index is 13.2. The molecule has 4 heteroatoms. The fourth-order valence-electron chi connectivity index (χ4n) is 3.55. The second kappa shape index (κ2) is 5.67. The van der Waals surface area contributed by atoms with Gasteiger partial charge in [0.25, 0.3) is 0 Å². The predicted molar refractivity (Wildman–Crippen MR) is 98.7 cm³/mol. The second-order valence-corrected chi connectivity index (χ2v) is 7.16. The molecule has 126 valence electrons. The molecule has 0 saturated carbocycles. The highest BCUT2D eigenvalue weighted by molar-refractivity contribution is 6.07. The Morgan fingerprint density at radius 3 is 2.76 bits per heavy atom. The summed E-state index contributed by atoms with van der Waals surface area (Å²) in [6, 6.07) is 15.6. The van der Waals surface area contributed by atoms with Gasteiger partial charge < -0.3 is 5.11 Å². The minimum atomic E-state index is -0.538. The molecule has 0 saturated heterocycles. The summed E-state index contributed by atoms with van der Waals surface area (Å²) in [6.07, 6.45) is 2.37. The fourth-order valence-corrected chi connectivity index (χ4v) is 3.55. The molecule has 2 aromatic carbocycles. The largest absolute Gasteiger partial charge is 0.392 e. The lowest BCUT2D eigenvalue weighted by Crippen LogP contribution is -2.44. The number of rotatable bonds is 2. The Balaban J connectivity index is 1.94. The van der Waals surface area contributed by atoms with Crippen molar-refractivity contribution in [2.24, 2.45) is 5.41 Å². The van der Waals surface area contributed by atoms with Crippen molar-refractivity contribution in [1.29, 1.82) is 0 Å². The number of para-hydroxylation sites is 1. The number of aliphatic hydroxyl groups excluding tert-OH is 1. The van der Waals surface area contributed by atoms with Gasteiger partial charge in [-0.1, -0.05) is 44.2 Å². The van der Waals surface area contributed by atoms with E-state index in [9.17, 15) is 9.90 Å². The van der Waals surface area contributed by atoms with Crippen molar-refractivity contribution in [2.45, 2.75) is 26.9 Å². The van der Waals surface area contributed by atoms with Gasteiger partial charge in [-0.25, -0.2) is 0 Å². The van der Waals surface area contributed by atoms with Crippen LogP contribution in [0.1, 0.15) is 25.0 Å². The lowest BCUT2D eigenvalue weighted by molar-refractivity contribution is -0.126. The van der Waals surface area contributed by atoms with Gasteiger partial charge in [-0.05, 0) is 35.7 Å². The van der Waals surface area contributed by atoms with E-state index >= 15 is 0 Å². The third-order valence-corrected chi connectivity index (χ3v) is 4.89. The first-order valence-electron chi connectivity index (χ1n) is 8.42. The van der Waals surface area contributed by atoms with E-state index in [1.165, 1.54) is 0 Å². The monoisotopic (exact) mass is 332 g/mol. The Morgan fingerprint density at radius 1 is 1.16 bits per heavy atom. The molecule has 3 aromatic rings. The summed E-state index contributed by atoms with van der Waals surface area (Å²) in [5, 5.41) is 10.7. The van der Waals surface area contributed by atoms with Crippen LogP contribution in [0.4, 0.5) is 11.4 Å². The highest BCUT2D eigenvalue weighted by Crippen LogP contribution is 2.43. The van der Waals surface area contributed by atoms with Crippen molar-refractivity contribution in [3.63, 3.8) is 0 Å². The number of hydrogen-bond donors (Lipinski definition) is 1. The molecule has 4 rings (SSSR count). The van der Waals surface area contributed by atoms with Crippen LogP contribution in [0.15, 0.2) is 54.7 Å². The lowest BCUT2D eigenvalue weighted by atomic mass is 9.78. The van der Waals surface area contributed by atoms with E-state index in [-0.39, 0.29) is 12.5 Å². The van der Waals surface area contributed by atoms with Gasteiger partial charge in [0.1, 0.15) is 0 Å². The van der Waals surface area contributed by atoms with Crippen LogP contribution in [0.2, 0.25) is 0 Å². The zero-order chi connectivity index (χ0) is 17.6. The molecular formula is C21H20N2O2. The Morgan fingerprint density at radius 2 is 1.96 bits per heavy atom. The number of amides is 1. The first kappa shape index (κ1) is 15.8. The molecule has 1 amide bonds. The maximum Gasteiger partial charge on any atom is 0.237 e. The van der Waals surface area contributed by atoms with Crippen LogP contribution in [-0.2, 0) is 17.8 Å². The van der Waals surface area contributed by atoms with Gasteiger partial charge in [0, 0.05) is 10.8 Å². The number of pyridine rings is 1. The molecule has 0 bridgehead atoms. The number of aliphatic hydroxyl groups is 1. The molecule has 1 aliphatic rings. The quantitative estimate of drug-likeness (QED) is 0.772. The Hall–Kier alpha value is -2.72. The van der Waals surface area contributed by atoms with Crippen molar-refractivity contribution < 1.29 is 9.90 Å². The molecule has 0 spiro atoms. The summed E-state index contributed by atoms with van der Waals surface area (Å²) in [5.74, 6) is 0.0483. The summed E-state index contributed by atoms with van der Waals surface area (Å²) in [5.41, 5.74) is 3.86. The molecule has 1 aromatic heterocycles. The number of carbonyl (C=O) groups excluding carboxylic acids is 1. The third kappa shape index (κ3) is 2.50. The van der Waals surface area contributed by atoms with Crippen LogP contribution in [0.5, 0.6) is 0 Å². The summed E-state index contributed by atoms with van der Waals surface area (Å²) in [6.45, 7) is 3.87. The predicted octanol–water partition coefficient (Wildman–Crippen LogP) is 3.97. The summed E-state index contributed by atoms with van der Waals surface area (Å²) in [7, 11) is 0. The number of fused-ring (bicyclic) bond motifs is 2.